The number of nitrogens with zero attached hydrogens (tertiary/aromatic N) is 5. The minimum Gasteiger partial charge on any atom is -0.365 e. The van der Waals surface area contributed by atoms with Crippen LogP contribution in [0, 0.1) is 13.8 Å². The molecule has 0 aliphatic carbocycles. The lowest BCUT2D eigenvalue weighted by atomic mass is 10.0. The number of thiophene rings is 1. The molecule has 33 heavy (non-hydrogen) atoms. The molecule has 4 aromatic heterocycles. The molecule has 0 aliphatic heterocycles. The summed E-state index contributed by atoms with van der Waals surface area (Å²) >= 11 is 4.19. The Bertz CT molecular complexity index is 1440. The number of nitrogens with two attached hydrogens (primary N) is 1. The maximum absolute atomic E-state index is 13.6. The molecule has 4 rings (SSSR count). The average molecular weight is 538 g/mol. The van der Waals surface area contributed by atoms with Gasteiger partial charge in [-0.25, -0.2) is 13.8 Å². The van der Waals surface area contributed by atoms with E-state index in [-0.39, 0.29) is 21.1 Å². The number of primary amides is 1. The zero-order valence-electron chi connectivity index (χ0n) is 17.9. The molecule has 13 heteroatoms. The predicted octanol–water partition coefficient (Wildman–Crippen LogP) is 4.10. The van der Waals surface area contributed by atoms with E-state index in [1.165, 1.54) is 10.7 Å². The first-order valence-corrected chi connectivity index (χ1v) is 11.2. The Hall–Kier alpha value is -3.19. The maximum atomic E-state index is 13.6. The number of halogens is 3. The van der Waals surface area contributed by atoms with Crippen LogP contribution in [-0.4, -0.2) is 36.4 Å². The number of amides is 2. The molecule has 0 saturated carbocycles. The van der Waals surface area contributed by atoms with Gasteiger partial charge in [-0.2, -0.15) is 10.2 Å². The van der Waals surface area contributed by atoms with E-state index in [0.29, 0.717) is 32.4 Å². The van der Waals surface area contributed by atoms with Crippen molar-refractivity contribution in [2.75, 3.05) is 5.32 Å². The number of rotatable bonds is 5. The normalized spacial score (nSPS) is 11.5. The van der Waals surface area contributed by atoms with E-state index >= 15 is 0 Å². The molecule has 4 aromatic rings. The molecule has 0 fully saturated rings. The van der Waals surface area contributed by atoms with Crippen LogP contribution >= 0.6 is 27.3 Å². The lowest BCUT2D eigenvalue weighted by Gasteiger charge is -2.11. The molecule has 0 aliphatic rings. The topological polar surface area (TPSA) is 121 Å². The summed E-state index contributed by atoms with van der Waals surface area (Å²) in [7, 11) is 3.31. The molecule has 172 valence electrons. The first-order chi connectivity index (χ1) is 15.5. The molecule has 0 aromatic carbocycles. The summed E-state index contributed by atoms with van der Waals surface area (Å²) in [5, 5.41) is 11.6. The highest BCUT2D eigenvalue weighted by Crippen LogP contribution is 2.43. The molecular weight excluding hydrogens is 520 g/mol. The zero-order chi connectivity index (χ0) is 24.2. The van der Waals surface area contributed by atoms with Crippen molar-refractivity contribution in [3.63, 3.8) is 0 Å². The SMILES string of the molecule is Cc1nn(C)cc1-c1cc(C(F)F)nc2sc(C(N)=O)c(NC(=O)c3c(Br)c(C)nn3C)c12. The summed E-state index contributed by atoms with van der Waals surface area (Å²) < 4.78 is 30.7. The molecule has 0 bridgehead atoms. The van der Waals surface area contributed by atoms with Crippen LogP contribution in [0.25, 0.3) is 21.3 Å². The highest BCUT2D eigenvalue weighted by molar-refractivity contribution is 9.10. The minimum absolute atomic E-state index is 0.00456. The summed E-state index contributed by atoms with van der Waals surface area (Å²) in [6, 6.07) is 1.24. The van der Waals surface area contributed by atoms with E-state index in [0.717, 1.165) is 11.3 Å². The summed E-state index contributed by atoms with van der Waals surface area (Å²) in [5.41, 5.74) is 7.55. The Morgan fingerprint density at radius 2 is 1.88 bits per heavy atom. The number of anilines is 1. The molecule has 0 spiro atoms. The van der Waals surface area contributed by atoms with Crippen molar-refractivity contribution in [1.29, 1.82) is 0 Å². The third kappa shape index (κ3) is 3.91. The van der Waals surface area contributed by atoms with Gasteiger partial charge in [0.05, 0.1) is 21.5 Å². The van der Waals surface area contributed by atoms with Crippen LogP contribution in [-0.2, 0) is 14.1 Å². The highest BCUT2D eigenvalue weighted by atomic mass is 79.9. The van der Waals surface area contributed by atoms with Crippen LogP contribution in [0.3, 0.4) is 0 Å². The van der Waals surface area contributed by atoms with Gasteiger partial charge in [0, 0.05) is 31.2 Å². The van der Waals surface area contributed by atoms with Crippen LogP contribution in [0.2, 0.25) is 0 Å². The number of alkyl halides is 2. The van der Waals surface area contributed by atoms with Gasteiger partial charge in [-0.3, -0.25) is 19.0 Å². The summed E-state index contributed by atoms with van der Waals surface area (Å²) in [5.74, 6) is -1.38. The lowest BCUT2D eigenvalue weighted by molar-refractivity contribution is 0.100. The fourth-order valence-corrected chi connectivity index (χ4v) is 5.18. The van der Waals surface area contributed by atoms with Gasteiger partial charge in [-0.05, 0) is 41.4 Å². The van der Waals surface area contributed by atoms with Crippen LogP contribution in [0.5, 0.6) is 0 Å². The number of fused-ring (bicyclic) bond motifs is 1. The van der Waals surface area contributed by atoms with Crippen molar-refractivity contribution in [1.82, 2.24) is 24.5 Å². The lowest BCUT2D eigenvalue weighted by Crippen LogP contribution is -2.19. The van der Waals surface area contributed by atoms with Gasteiger partial charge in [0.15, 0.2) is 0 Å². The third-order valence-electron chi connectivity index (χ3n) is 5.04. The molecule has 3 N–H and O–H groups in total. The van der Waals surface area contributed by atoms with Gasteiger partial charge in [0.1, 0.15) is 21.1 Å². The first kappa shape index (κ1) is 23.0. The van der Waals surface area contributed by atoms with E-state index in [1.807, 2.05) is 0 Å². The second kappa shape index (κ2) is 8.30. The van der Waals surface area contributed by atoms with E-state index in [9.17, 15) is 18.4 Å². The summed E-state index contributed by atoms with van der Waals surface area (Å²) in [6.07, 6.45) is -1.16. The van der Waals surface area contributed by atoms with E-state index < -0.39 is 23.9 Å². The molecule has 0 radical (unpaired) electrons. The standard InChI is InChI=1S/C20H18BrF2N7O2S/c1-7-10(6-29(3)27-7)9-5-11(17(22)23)25-20-12(9)14(16(33-20)18(24)31)26-19(32)15-13(21)8(2)28-30(15)4/h5-6,17H,1-4H3,(H2,24,31)(H,26,32). The largest absolute Gasteiger partial charge is 0.365 e. The van der Waals surface area contributed by atoms with E-state index in [1.54, 1.807) is 38.8 Å². The number of nitrogens with one attached hydrogen (secondary N) is 1. The van der Waals surface area contributed by atoms with Crippen molar-refractivity contribution < 1.29 is 18.4 Å². The summed E-state index contributed by atoms with van der Waals surface area (Å²) in [4.78, 5) is 29.6. The van der Waals surface area contributed by atoms with Crippen LogP contribution in [0.4, 0.5) is 14.5 Å². The van der Waals surface area contributed by atoms with Gasteiger partial charge in [-0.15, -0.1) is 11.3 Å². The average Bonchev–Trinajstić information content (AvgIpc) is 3.34. The number of pyridine rings is 1. The van der Waals surface area contributed by atoms with Crippen molar-refractivity contribution in [2.24, 2.45) is 19.8 Å². The van der Waals surface area contributed by atoms with Crippen LogP contribution in [0.15, 0.2) is 16.7 Å². The van der Waals surface area contributed by atoms with Crippen molar-refractivity contribution in [3.8, 4) is 11.1 Å². The molecule has 9 nitrogen and oxygen atoms in total. The molecule has 2 amide bonds. The van der Waals surface area contributed by atoms with Gasteiger partial charge in [-0.1, -0.05) is 0 Å². The van der Waals surface area contributed by atoms with Gasteiger partial charge in [0.2, 0.25) is 0 Å². The fourth-order valence-electron chi connectivity index (χ4n) is 3.65. The molecule has 0 unspecified atom stereocenters. The van der Waals surface area contributed by atoms with Crippen LogP contribution in [0.1, 0.15) is 43.7 Å². The molecule has 4 heterocycles. The van der Waals surface area contributed by atoms with Crippen molar-refractivity contribution in [2.45, 2.75) is 20.3 Å². The number of carbonyl (C=O) groups is 2. The number of carbonyl (C=O) groups excluding carboxylic acids is 2. The quantitative estimate of drug-likeness (QED) is 0.397. The van der Waals surface area contributed by atoms with Crippen LogP contribution < -0.4 is 11.1 Å². The molecule has 0 saturated heterocycles. The fraction of sp³-hybridized carbons (Fsp3) is 0.250. The Morgan fingerprint density at radius 3 is 2.39 bits per heavy atom. The summed E-state index contributed by atoms with van der Waals surface area (Å²) in [6.45, 7) is 3.47. The smallest absolute Gasteiger partial charge is 0.280 e. The van der Waals surface area contributed by atoms with Gasteiger partial charge in [0.25, 0.3) is 18.2 Å². The molecular formula is C20H18BrF2N7O2S. The number of hydrogen-bond donors (Lipinski definition) is 2. The number of hydrogen-bond acceptors (Lipinski definition) is 6. The second-order valence-electron chi connectivity index (χ2n) is 7.37. The first-order valence-electron chi connectivity index (χ1n) is 9.56. The van der Waals surface area contributed by atoms with E-state index in [4.69, 9.17) is 5.73 Å². The Kier molecular flexibility index (Phi) is 5.78. The van der Waals surface area contributed by atoms with Gasteiger partial charge < -0.3 is 11.1 Å². The molecule has 0 atom stereocenters. The zero-order valence-corrected chi connectivity index (χ0v) is 20.3. The predicted molar refractivity (Wildman–Crippen MR) is 124 cm³/mol. The third-order valence-corrected chi connectivity index (χ3v) is 7.08. The Labute approximate surface area is 198 Å². The number of aromatic nitrogens is 5. The van der Waals surface area contributed by atoms with Crippen molar-refractivity contribution in [3.05, 3.63) is 44.4 Å². The van der Waals surface area contributed by atoms with Gasteiger partial charge >= 0.3 is 0 Å². The van der Waals surface area contributed by atoms with E-state index in [2.05, 4.69) is 36.4 Å². The monoisotopic (exact) mass is 537 g/mol. The highest BCUT2D eigenvalue weighted by Gasteiger charge is 2.27. The van der Waals surface area contributed by atoms with Crippen molar-refractivity contribution >= 4 is 55.0 Å². The second-order valence-corrected chi connectivity index (χ2v) is 9.17. The minimum atomic E-state index is -2.84. The Balaban J connectivity index is 2.00. The number of aryl methyl sites for hydroxylation is 4. The Morgan fingerprint density at radius 1 is 1.18 bits per heavy atom. The maximum Gasteiger partial charge on any atom is 0.280 e.